The van der Waals surface area contributed by atoms with Crippen LogP contribution in [0.15, 0.2) is 0 Å². The van der Waals surface area contributed by atoms with Gasteiger partial charge >= 0.3 is 6.09 Å². The van der Waals surface area contributed by atoms with Crippen molar-refractivity contribution in [2.45, 2.75) is 32.3 Å². The zero-order chi connectivity index (χ0) is 10.2. The van der Waals surface area contributed by atoms with Gasteiger partial charge in [-0.05, 0) is 31.6 Å². The molecule has 1 heterocycles. The highest BCUT2D eigenvalue weighted by atomic mass is 16.6. The van der Waals surface area contributed by atoms with Crippen molar-refractivity contribution in [3.63, 3.8) is 0 Å². The molecule has 0 bridgehead atoms. The predicted molar refractivity (Wildman–Crippen MR) is 50.9 cm³/mol. The van der Waals surface area contributed by atoms with Crippen LogP contribution in [0.3, 0.4) is 0 Å². The van der Waals surface area contributed by atoms with Gasteiger partial charge in [-0.2, -0.15) is 0 Å². The number of carbonyl (C=O) groups is 1. The first kappa shape index (κ1) is 9.77. The van der Waals surface area contributed by atoms with E-state index in [4.69, 9.17) is 4.74 Å². The topological polar surface area (TPSA) is 49.8 Å². The van der Waals surface area contributed by atoms with Gasteiger partial charge in [0.05, 0.1) is 12.7 Å². The molecule has 14 heavy (non-hydrogen) atoms. The maximum atomic E-state index is 11.4. The van der Waals surface area contributed by atoms with Crippen LogP contribution in [-0.2, 0) is 4.74 Å². The van der Waals surface area contributed by atoms with Crippen LogP contribution >= 0.6 is 0 Å². The Morgan fingerprint density at radius 3 is 2.93 bits per heavy atom. The number of carbonyl (C=O) groups excluding carboxylic acids is 1. The number of amides is 1. The molecule has 1 saturated heterocycles. The van der Waals surface area contributed by atoms with Gasteiger partial charge in [-0.1, -0.05) is 0 Å². The van der Waals surface area contributed by atoms with Crippen molar-refractivity contribution < 1.29 is 14.6 Å². The standard InChI is InChI=1S/C10H17NO3/c1-2-14-9(13)11-4-3-10(7-11)5-8(12)6-10/h8,12H,2-7H2,1H3. The normalized spacial score (nSPS) is 35.9. The zero-order valence-corrected chi connectivity index (χ0v) is 8.53. The summed E-state index contributed by atoms with van der Waals surface area (Å²) in [6.45, 7) is 3.80. The second-order valence-electron chi connectivity index (χ2n) is 4.43. The summed E-state index contributed by atoms with van der Waals surface area (Å²) in [6.07, 6.45) is 2.37. The summed E-state index contributed by atoms with van der Waals surface area (Å²) in [5, 5.41) is 9.27. The van der Waals surface area contributed by atoms with E-state index in [1.807, 2.05) is 6.92 Å². The molecule has 0 aromatic carbocycles. The lowest BCUT2D eigenvalue weighted by Crippen LogP contribution is -2.43. The van der Waals surface area contributed by atoms with E-state index >= 15 is 0 Å². The van der Waals surface area contributed by atoms with Crippen LogP contribution in [0, 0.1) is 5.41 Å². The van der Waals surface area contributed by atoms with Gasteiger partial charge in [0.2, 0.25) is 0 Å². The molecular formula is C10H17NO3. The van der Waals surface area contributed by atoms with Crippen molar-refractivity contribution in [3.8, 4) is 0 Å². The van der Waals surface area contributed by atoms with Crippen LogP contribution in [-0.4, -0.2) is 41.9 Å². The third-order valence-corrected chi connectivity index (χ3v) is 3.30. The van der Waals surface area contributed by atoms with Gasteiger partial charge in [0.15, 0.2) is 0 Å². The Kier molecular flexibility index (Phi) is 2.39. The fourth-order valence-electron chi connectivity index (χ4n) is 2.58. The number of likely N-dealkylation sites (tertiary alicyclic amines) is 1. The van der Waals surface area contributed by atoms with Crippen molar-refractivity contribution in [1.82, 2.24) is 4.90 Å². The fourth-order valence-corrected chi connectivity index (χ4v) is 2.58. The molecule has 4 nitrogen and oxygen atoms in total. The lowest BCUT2D eigenvalue weighted by molar-refractivity contribution is -0.0250. The molecule has 0 aromatic rings. The molecule has 2 fully saturated rings. The van der Waals surface area contributed by atoms with Crippen molar-refractivity contribution in [2.24, 2.45) is 5.41 Å². The minimum absolute atomic E-state index is 0.142. The Labute approximate surface area is 83.8 Å². The van der Waals surface area contributed by atoms with E-state index in [2.05, 4.69) is 0 Å². The molecule has 1 spiro atoms. The number of hydrogen-bond acceptors (Lipinski definition) is 3. The number of aliphatic hydroxyl groups is 1. The molecule has 4 heteroatoms. The molecular weight excluding hydrogens is 182 g/mol. The Balaban J connectivity index is 1.86. The molecule has 1 aliphatic carbocycles. The lowest BCUT2D eigenvalue weighted by atomic mass is 9.66. The van der Waals surface area contributed by atoms with Crippen LogP contribution in [0.2, 0.25) is 0 Å². The van der Waals surface area contributed by atoms with Crippen LogP contribution in [0.4, 0.5) is 4.79 Å². The monoisotopic (exact) mass is 199 g/mol. The highest BCUT2D eigenvalue weighted by Crippen LogP contribution is 2.48. The van der Waals surface area contributed by atoms with E-state index < -0.39 is 0 Å². The average Bonchev–Trinajstić information content (AvgIpc) is 2.49. The third kappa shape index (κ3) is 1.59. The summed E-state index contributed by atoms with van der Waals surface area (Å²) in [7, 11) is 0. The summed E-state index contributed by atoms with van der Waals surface area (Å²) in [5.74, 6) is 0. The number of ether oxygens (including phenoxy) is 1. The van der Waals surface area contributed by atoms with Crippen molar-refractivity contribution in [3.05, 3.63) is 0 Å². The first-order chi connectivity index (χ1) is 6.65. The molecule has 1 amide bonds. The maximum Gasteiger partial charge on any atom is 0.409 e. The molecule has 0 atom stereocenters. The molecule has 80 valence electrons. The first-order valence-corrected chi connectivity index (χ1v) is 5.25. The molecule has 2 rings (SSSR count). The number of nitrogens with zero attached hydrogens (tertiary/aromatic N) is 1. The molecule has 1 aliphatic heterocycles. The second-order valence-corrected chi connectivity index (χ2v) is 4.43. The minimum Gasteiger partial charge on any atom is -0.450 e. The lowest BCUT2D eigenvalue weighted by Gasteiger charge is -2.42. The number of aliphatic hydroxyl groups excluding tert-OH is 1. The van der Waals surface area contributed by atoms with Gasteiger partial charge in [0, 0.05) is 13.1 Å². The highest BCUT2D eigenvalue weighted by molar-refractivity contribution is 5.68. The number of hydrogen-bond donors (Lipinski definition) is 1. The summed E-state index contributed by atoms with van der Waals surface area (Å²) in [5.41, 5.74) is 0.214. The Hall–Kier alpha value is -0.770. The molecule has 0 aromatic heterocycles. The third-order valence-electron chi connectivity index (χ3n) is 3.30. The maximum absolute atomic E-state index is 11.4. The summed E-state index contributed by atoms with van der Waals surface area (Å²) in [6, 6.07) is 0. The van der Waals surface area contributed by atoms with E-state index in [-0.39, 0.29) is 17.6 Å². The van der Waals surface area contributed by atoms with Gasteiger partial charge < -0.3 is 14.7 Å². The molecule has 2 aliphatic rings. The number of rotatable bonds is 1. The van der Waals surface area contributed by atoms with Crippen LogP contribution in [0.5, 0.6) is 0 Å². The van der Waals surface area contributed by atoms with Gasteiger partial charge in [0.1, 0.15) is 0 Å². The fraction of sp³-hybridized carbons (Fsp3) is 0.900. The Morgan fingerprint density at radius 2 is 2.36 bits per heavy atom. The van der Waals surface area contributed by atoms with Crippen molar-refractivity contribution >= 4 is 6.09 Å². The van der Waals surface area contributed by atoms with E-state index in [1.165, 1.54) is 0 Å². The highest BCUT2D eigenvalue weighted by Gasteiger charge is 2.49. The average molecular weight is 199 g/mol. The van der Waals surface area contributed by atoms with Crippen molar-refractivity contribution in [2.75, 3.05) is 19.7 Å². The molecule has 0 radical (unpaired) electrons. The molecule has 1 N–H and O–H groups in total. The van der Waals surface area contributed by atoms with Crippen LogP contribution in [0.1, 0.15) is 26.2 Å². The minimum atomic E-state index is -0.203. The quantitative estimate of drug-likeness (QED) is 0.685. The van der Waals surface area contributed by atoms with Crippen LogP contribution < -0.4 is 0 Å². The second kappa shape index (κ2) is 3.42. The SMILES string of the molecule is CCOC(=O)N1CCC2(CC(O)C2)C1. The van der Waals surface area contributed by atoms with E-state index in [0.717, 1.165) is 32.4 Å². The largest absolute Gasteiger partial charge is 0.450 e. The Morgan fingerprint density at radius 1 is 1.64 bits per heavy atom. The van der Waals surface area contributed by atoms with Crippen LogP contribution in [0.25, 0.3) is 0 Å². The Bertz CT molecular complexity index is 236. The molecule has 1 saturated carbocycles. The van der Waals surface area contributed by atoms with E-state index in [9.17, 15) is 9.90 Å². The smallest absolute Gasteiger partial charge is 0.409 e. The molecule has 0 unspecified atom stereocenters. The zero-order valence-electron chi connectivity index (χ0n) is 8.53. The predicted octanol–water partition coefficient (Wildman–Crippen LogP) is 0.990. The van der Waals surface area contributed by atoms with Crippen molar-refractivity contribution in [1.29, 1.82) is 0 Å². The van der Waals surface area contributed by atoms with Gasteiger partial charge in [-0.3, -0.25) is 0 Å². The first-order valence-electron chi connectivity index (χ1n) is 5.25. The summed E-state index contributed by atoms with van der Waals surface area (Å²) < 4.78 is 4.94. The van der Waals surface area contributed by atoms with Gasteiger partial charge in [-0.15, -0.1) is 0 Å². The van der Waals surface area contributed by atoms with Gasteiger partial charge in [-0.25, -0.2) is 4.79 Å². The van der Waals surface area contributed by atoms with E-state index in [1.54, 1.807) is 4.90 Å². The summed E-state index contributed by atoms with van der Waals surface area (Å²) >= 11 is 0. The van der Waals surface area contributed by atoms with Gasteiger partial charge in [0.25, 0.3) is 0 Å². The summed E-state index contributed by atoms with van der Waals surface area (Å²) in [4.78, 5) is 13.2. The van der Waals surface area contributed by atoms with E-state index in [0.29, 0.717) is 6.61 Å².